The first kappa shape index (κ1) is 38.0. The Hall–Kier alpha value is -2.80. The maximum atomic E-state index is 13.7. The van der Waals surface area contributed by atoms with Crippen molar-refractivity contribution in [3.05, 3.63) is 40.6 Å². The van der Waals surface area contributed by atoms with Gasteiger partial charge in [0.2, 0.25) is 17.5 Å². The van der Waals surface area contributed by atoms with Crippen LogP contribution in [0.3, 0.4) is 0 Å². The first-order valence-electron chi connectivity index (χ1n) is 13.7. The number of aromatic hydroxyl groups is 2. The molecule has 3 aromatic rings. The van der Waals surface area contributed by atoms with Gasteiger partial charge in [-0.3, -0.25) is 9.35 Å². The Kier molecular flexibility index (Phi) is 11.6. The summed E-state index contributed by atoms with van der Waals surface area (Å²) < 4.78 is 63.4. The second kappa shape index (κ2) is 14.6. The molecule has 10 atom stereocenters. The summed E-state index contributed by atoms with van der Waals surface area (Å²) in [5.74, 6) is -4.65. The van der Waals surface area contributed by atoms with Gasteiger partial charge in [-0.05, 0) is 13.0 Å². The molecule has 0 spiro atoms. The summed E-state index contributed by atoms with van der Waals surface area (Å²) in [5, 5.41) is 93.7. The maximum absolute atomic E-state index is 13.7. The number of benzene rings is 2. The summed E-state index contributed by atoms with van der Waals surface area (Å²) in [6, 6.07) is 4.30. The molecule has 21 heteroatoms. The van der Waals surface area contributed by atoms with Gasteiger partial charge in [0.1, 0.15) is 65.2 Å². The third kappa shape index (κ3) is 7.66. The summed E-state index contributed by atoms with van der Waals surface area (Å²) in [4.78, 5) is 13.7. The Balaban J connectivity index is 0.00000520. The minimum Gasteiger partial charge on any atom is -0.870 e. The molecule has 5 rings (SSSR count). The predicted octanol–water partition coefficient (Wildman–Crippen LogP) is -5.84. The van der Waals surface area contributed by atoms with Crippen LogP contribution in [-0.4, -0.2) is 122 Å². The average Bonchev–Trinajstić information content (AvgIpc) is 2.99. The van der Waals surface area contributed by atoms with Crippen LogP contribution < -0.4 is 49.0 Å². The minimum absolute atomic E-state index is 0. The van der Waals surface area contributed by atoms with E-state index in [-0.39, 0.29) is 35.1 Å². The van der Waals surface area contributed by atoms with E-state index in [1.807, 2.05) is 0 Å². The van der Waals surface area contributed by atoms with Gasteiger partial charge in [0.25, 0.3) is 0 Å². The van der Waals surface area contributed by atoms with Gasteiger partial charge in [-0.25, -0.2) is 0 Å². The summed E-state index contributed by atoms with van der Waals surface area (Å²) in [6.07, 6.45) is -16.8. The van der Waals surface area contributed by atoms with Crippen LogP contribution in [0, 0.1) is 0 Å². The quantitative estimate of drug-likeness (QED) is 0.0776. The number of hydrogen-bond donors (Lipinski definition) is 9. The fraction of sp³-hybridized carbons (Fsp3) is 0.444. The van der Waals surface area contributed by atoms with Crippen LogP contribution in [0.15, 0.2) is 39.5 Å². The van der Waals surface area contributed by atoms with Crippen molar-refractivity contribution in [2.75, 3.05) is 6.61 Å². The minimum atomic E-state index is -5.08. The molecule has 0 aliphatic carbocycles. The van der Waals surface area contributed by atoms with Crippen LogP contribution in [0.5, 0.6) is 28.7 Å². The SMILES string of the molecule is C[C@@H]1O[C@@H](OC[C@H]2O[C@@H](Oc3c(-c4ccc([O-])c(O)c4)oc4cc(OS(=O)(=O)O)cc(O)c4c3=O)[C@H](O)[C@@H](O)[C@@H]2O)[C@H](O)[C@H](O)[C@H]1O.[Na+]. The first-order valence-corrected chi connectivity index (χ1v) is 15.0. The third-order valence-corrected chi connectivity index (χ3v) is 7.87. The number of rotatable bonds is 8. The maximum Gasteiger partial charge on any atom is 1.00 e. The number of aliphatic hydroxyl groups is 6. The van der Waals surface area contributed by atoms with E-state index in [0.717, 1.165) is 24.3 Å². The standard InChI is InChI=1S/C27H30O19S.Na/c1-8-17(31)20(34)22(36)26(42-8)41-7-15-18(32)21(35)23(37)27(44-15)45-25-19(33)16-13(30)5-10(46-47(38,39)40)6-14(16)43-24(25)9-2-3-11(28)12(29)4-9;/h2-6,8,15,17-18,20-23,26-32,34-37H,7H2,1H3,(H,38,39,40);/q;+1/p-1/t8-,15+,17-,18+,20+,21-,22+,23+,26+,27-;/m0./s1. The van der Waals surface area contributed by atoms with Crippen molar-refractivity contribution < 1.29 is 116 Å². The van der Waals surface area contributed by atoms with Crippen molar-refractivity contribution in [2.24, 2.45) is 0 Å². The van der Waals surface area contributed by atoms with Crippen LogP contribution in [0.25, 0.3) is 22.3 Å². The molecule has 0 amide bonds. The number of aliphatic hydroxyl groups excluding tert-OH is 6. The molecule has 2 aromatic carbocycles. The molecule has 0 saturated carbocycles. The second-order valence-electron chi connectivity index (χ2n) is 10.7. The Labute approximate surface area is 291 Å². The average molecular weight is 713 g/mol. The molecule has 2 aliphatic rings. The van der Waals surface area contributed by atoms with Crippen LogP contribution in [-0.2, 0) is 24.6 Å². The molecule has 3 heterocycles. The molecule has 2 saturated heterocycles. The van der Waals surface area contributed by atoms with E-state index in [0.29, 0.717) is 6.07 Å². The van der Waals surface area contributed by atoms with Crippen LogP contribution >= 0.6 is 0 Å². The Bertz CT molecular complexity index is 1800. The van der Waals surface area contributed by atoms with Gasteiger partial charge in [-0.1, -0.05) is 17.9 Å². The predicted molar refractivity (Wildman–Crippen MR) is 148 cm³/mol. The second-order valence-corrected chi connectivity index (χ2v) is 11.8. The van der Waals surface area contributed by atoms with Crippen molar-refractivity contribution in [1.29, 1.82) is 0 Å². The van der Waals surface area contributed by atoms with Gasteiger partial charge >= 0.3 is 40.0 Å². The molecule has 2 fully saturated rings. The zero-order valence-corrected chi connectivity index (χ0v) is 27.7. The van der Waals surface area contributed by atoms with E-state index in [2.05, 4.69) is 4.18 Å². The molecule has 0 bridgehead atoms. The van der Waals surface area contributed by atoms with Gasteiger partial charge < -0.3 is 73.5 Å². The van der Waals surface area contributed by atoms with E-state index in [1.54, 1.807) is 0 Å². The Morgan fingerprint density at radius 2 is 1.50 bits per heavy atom. The van der Waals surface area contributed by atoms with Crippen molar-refractivity contribution >= 4 is 21.4 Å². The van der Waals surface area contributed by atoms with Gasteiger partial charge in [0.05, 0.1) is 12.7 Å². The molecule has 0 radical (unpaired) electrons. The number of ether oxygens (including phenoxy) is 4. The largest absolute Gasteiger partial charge is 1.00 e. The van der Waals surface area contributed by atoms with E-state index in [1.165, 1.54) is 6.92 Å². The molecule has 1 aromatic heterocycles. The van der Waals surface area contributed by atoms with Crippen molar-refractivity contribution in [3.8, 4) is 40.1 Å². The molecule has 0 unspecified atom stereocenters. The van der Waals surface area contributed by atoms with Crippen molar-refractivity contribution in [2.45, 2.75) is 68.3 Å². The van der Waals surface area contributed by atoms with Gasteiger partial charge in [0.15, 0.2) is 17.8 Å². The molecule has 9 N–H and O–H groups in total. The van der Waals surface area contributed by atoms with E-state index in [9.17, 15) is 59.2 Å². The van der Waals surface area contributed by atoms with Gasteiger partial charge in [-0.15, -0.1) is 0 Å². The fourth-order valence-corrected chi connectivity index (χ4v) is 5.33. The van der Waals surface area contributed by atoms with Crippen molar-refractivity contribution in [3.63, 3.8) is 0 Å². The number of phenolic OH excluding ortho intramolecular Hbond substituents is 2. The van der Waals surface area contributed by atoms with Crippen LogP contribution in [0.1, 0.15) is 6.92 Å². The fourth-order valence-electron chi connectivity index (χ4n) is 4.99. The molecular weight excluding hydrogens is 683 g/mol. The van der Waals surface area contributed by atoms with Crippen LogP contribution in [0.2, 0.25) is 0 Å². The van der Waals surface area contributed by atoms with E-state index in [4.69, 9.17) is 27.9 Å². The van der Waals surface area contributed by atoms with Gasteiger partial charge in [0, 0.05) is 17.7 Å². The zero-order valence-electron chi connectivity index (χ0n) is 24.9. The molecule has 19 nitrogen and oxygen atoms in total. The number of phenols is 2. The summed E-state index contributed by atoms with van der Waals surface area (Å²) in [7, 11) is -5.08. The monoisotopic (exact) mass is 712 g/mol. The Morgan fingerprint density at radius 3 is 2.15 bits per heavy atom. The number of fused-ring (bicyclic) bond motifs is 1. The van der Waals surface area contributed by atoms with E-state index >= 15 is 0 Å². The van der Waals surface area contributed by atoms with Crippen LogP contribution in [0.4, 0.5) is 0 Å². The molecule has 2 aliphatic heterocycles. The smallest absolute Gasteiger partial charge is 0.870 e. The third-order valence-electron chi connectivity index (χ3n) is 7.46. The molecule has 258 valence electrons. The van der Waals surface area contributed by atoms with Gasteiger partial charge in [-0.2, -0.15) is 8.42 Å². The van der Waals surface area contributed by atoms with E-state index < -0.39 is 129 Å². The Morgan fingerprint density at radius 1 is 0.854 bits per heavy atom. The topological polar surface area (TPSA) is 316 Å². The normalized spacial score (nSPS) is 30.8. The molecular formula is C27H29NaO19S. The van der Waals surface area contributed by atoms with Crippen molar-refractivity contribution in [1.82, 2.24) is 0 Å². The zero-order chi connectivity index (χ0) is 34.5. The summed E-state index contributed by atoms with van der Waals surface area (Å²) >= 11 is 0. The summed E-state index contributed by atoms with van der Waals surface area (Å²) in [5.41, 5.74) is -1.92. The number of hydrogen-bond acceptors (Lipinski definition) is 18. The molecule has 48 heavy (non-hydrogen) atoms. The first-order chi connectivity index (χ1) is 22.0. The summed E-state index contributed by atoms with van der Waals surface area (Å²) in [6.45, 7) is 0.723.